The topological polar surface area (TPSA) is 61.2 Å². The molecule has 0 bridgehead atoms. The van der Waals surface area contributed by atoms with Gasteiger partial charge < -0.3 is 0 Å². The van der Waals surface area contributed by atoms with E-state index in [4.69, 9.17) is 5.26 Å². The van der Waals surface area contributed by atoms with Gasteiger partial charge in [0.1, 0.15) is 0 Å². The minimum atomic E-state index is -3.30. The van der Waals surface area contributed by atoms with Crippen LogP contribution in [-0.4, -0.2) is 31.6 Å². The van der Waals surface area contributed by atoms with Crippen LogP contribution in [-0.2, 0) is 10.0 Å². The summed E-state index contributed by atoms with van der Waals surface area (Å²) in [7, 11) is -3.30. The summed E-state index contributed by atoms with van der Waals surface area (Å²) in [5, 5.41) is 8.40. The van der Waals surface area contributed by atoms with E-state index in [-0.39, 0.29) is 5.75 Å². The molecule has 1 saturated heterocycles. The molecular weight excluding hydrogens is 200 g/mol. The van der Waals surface area contributed by atoms with Gasteiger partial charge in [0.25, 0.3) is 0 Å². The van der Waals surface area contributed by atoms with Gasteiger partial charge in [0.2, 0.25) is 10.0 Å². The Labute approximate surface area is 85.6 Å². The summed E-state index contributed by atoms with van der Waals surface area (Å²) in [6.45, 7) is 1.17. The highest BCUT2D eigenvalue weighted by atomic mass is 32.2. The number of sulfonamides is 1. The normalized spacial score (nSPS) is 20.8. The second-order valence-electron chi connectivity index (χ2n) is 3.58. The van der Waals surface area contributed by atoms with Crippen molar-refractivity contribution in [2.24, 2.45) is 0 Å². The van der Waals surface area contributed by atoms with E-state index in [0.717, 1.165) is 25.7 Å². The highest BCUT2D eigenvalue weighted by Crippen LogP contribution is 2.13. The molecule has 14 heavy (non-hydrogen) atoms. The van der Waals surface area contributed by atoms with Crippen LogP contribution in [0.3, 0.4) is 0 Å². The van der Waals surface area contributed by atoms with E-state index in [1.165, 1.54) is 10.7 Å². The fraction of sp³-hybridized carbons (Fsp3) is 0.889. The van der Waals surface area contributed by atoms with Crippen LogP contribution >= 0.6 is 0 Å². The zero-order valence-corrected chi connectivity index (χ0v) is 9.09. The number of rotatable bonds is 2. The predicted octanol–water partition coefficient (Wildman–Crippen LogP) is 1.11. The molecule has 0 unspecified atom stereocenters. The van der Waals surface area contributed by atoms with Crippen LogP contribution in [0.25, 0.3) is 0 Å². The third kappa shape index (κ3) is 3.28. The van der Waals surface area contributed by atoms with Gasteiger partial charge in [-0.25, -0.2) is 12.7 Å². The van der Waals surface area contributed by atoms with E-state index >= 15 is 0 Å². The first-order valence-electron chi connectivity index (χ1n) is 5.01. The van der Waals surface area contributed by atoms with Crippen LogP contribution < -0.4 is 0 Å². The largest absolute Gasteiger partial charge is 0.227 e. The van der Waals surface area contributed by atoms with E-state index in [0.29, 0.717) is 13.1 Å². The molecule has 1 aliphatic rings. The van der Waals surface area contributed by atoms with Crippen molar-refractivity contribution in [3.63, 3.8) is 0 Å². The van der Waals surface area contributed by atoms with Gasteiger partial charge in [0.05, 0.1) is 6.07 Å². The van der Waals surface area contributed by atoms with Crippen molar-refractivity contribution in [2.75, 3.05) is 18.8 Å². The Balaban J connectivity index is 2.60. The molecule has 0 atom stereocenters. The molecule has 1 heterocycles. The van der Waals surface area contributed by atoms with Crippen LogP contribution in [0.5, 0.6) is 0 Å². The number of nitrogens with zero attached hydrogens (tertiary/aromatic N) is 2. The Bertz CT molecular complexity index is 297. The monoisotopic (exact) mass is 216 g/mol. The van der Waals surface area contributed by atoms with Gasteiger partial charge in [-0.2, -0.15) is 5.26 Å². The molecule has 0 saturated carbocycles. The zero-order valence-electron chi connectivity index (χ0n) is 8.28. The predicted molar refractivity (Wildman–Crippen MR) is 54.1 cm³/mol. The number of hydrogen-bond donors (Lipinski definition) is 0. The van der Waals surface area contributed by atoms with Crippen molar-refractivity contribution in [1.29, 1.82) is 5.26 Å². The molecular formula is C9H16N2O2S. The van der Waals surface area contributed by atoms with Crippen LogP contribution in [0, 0.1) is 11.3 Å². The third-order valence-electron chi connectivity index (χ3n) is 2.46. The SMILES string of the molecule is N#CCS(=O)(=O)N1CCCCCCC1. The highest BCUT2D eigenvalue weighted by Gasteiger charge is 2.21. The van der Waals surface area contributed by atoms with Gasteiger partial charge >= 0.3 is 0 Å². The standard InChI is InChI=1S/C9H16N2O2S/c10-6-9-14(12,13)11-7-4-2-1-3-5-8-11/h1-5,7-9H2. The average Bonchev–Trinajstić information content (AvgIpc) is 2.01. The number of nitriles is 1. The summed E-state index contributed by atoms with van der Waals surface area (Å²) in [5.74, 6) is -0.382. The van der Waals surface area contributed by atoms with Crippen molar-refractivity contribution in [3.8, 4) is 6.07 Å². The molecule has 5 heteroatoms. The molecule has 4 nitrogen and oxygen atoms in total. The Morgan fingerprint density at radius 3 is 2.07 bits per heavy atom. The van der Waals surface area contributed by atoms with Crippen LogP contribution in [0.1, 0.15) is 32.1 Å². The molecule has 0 aromatic heterocycles. The van der Waals surface area contributed by atoms with E-state index in [1.54, 1.807) is 6.07 Å². The van der Waals surface area contributed by atoms with Crippen molar-refractivity contribution in [2.45, 2.75) is 32.1 Å². The van der Waals surface area contributed by atoms with Gasteiger partial charge in [-0.3, -0.25) is 0 Å². The van der Waals surface area contributed by atoms with Gasteiger partial charge in [-0.05, 0) is 12.8 Å². The van der Waals surface area contributed by atoms with Crippen molar-refractivity contribution < 1.29 is 8.42 Å². The first-order valence-corrected chi connectivity index (χ1v) is 6.62. The summed E-state index contributed by atoms with van der Waals surface area (Å²) < 4.78 is 24.6. The third-order valence-corrected chi connectivity index (χ3v) is 4.10. The summed E-state index contributed by atoms with van der Waals surface area (Å²) in [6, 6.07) is 1.71. The van der Waals surface area contributed by atoms with E-state index in [2.05, 4.69) is 0 Å². The molecule has 0 aromatic carbocycles. The first kappa shape index (κ1) is 11.5. The van der Waals surface area contributed by atoms with Gasteiger partial charge in [-0.1, -0.05) is 19.3 Å². The summed E-state index contributed by atoms with van der Waals surface area (Å²) in [6.07, 6.45) is 5.23. The molecule has 80 valence electrons. The molecule has 0 radical (unpaired) electrons. The smallest absolute Gasteiger partial charge is 0.211 e. The molecule has 1 aliphatic heterocycles. The van der Waals surface area contributed by atoms with Gasteiger partial charge in [0, 0.05) is 13.1 Å². The molecule has 0 aliphatic carbocycles. The Morgan fingerprint density at radius 2 is 1.57 bits per heavy atom. The van der Waals surface area contributed by atoms with Crippen molar-refractivity contribution in [3.05, 3.63) is 0 Å². The minimum absolute atomic E-state index is 0.382. The van der Waals surface area contributed by atoms with Crippen molar-refractivity contribution >= 4 is 10.0 Å². The lowest BCUT2D eigenvalue weighted by Crippen LogP contribution is -2.35. The van der Waals surface area contributed by atoms with Crippen LogP contribution in [0.15, 0.2) is 0 Å². The lowest BCUT2D eigenvalue weighted by molar-refractivity contribution is 0.365. The zero-order chi connectivity index (χ0) is 10.4. The second-order valence-corrected chi connectivity index (χ2v) is 5.55. The molecule has 0 spiro atoms. The minimum Gasteiger partial charge on any atom is -0.211 e. The summed E-state index contributed by atoms with van der Waals surface area (Å²) >= 11 is 0. The van der Waals surface area contributed by atoms with Crippen molar-refractivity contribution in [1.82, 2.24) is 4.31 Å². The maximum Gasteiger partial charge on any atom is 0.227 e. The van der Waals surface area contributed by atoms with Crippen LogP contribution in [0.2, 0.25) is 0 Å². The second kappa shape index (κ2) is 5.32. The fourth-order valence-electron chi connectivity index (χ4n) is 1.67. The Morgan fingerprint density at radius 1 is 1.07 bits per heavy atom. The Hall–Kier alpha value is -0.600. The van der Waals surface area contributed by atoms with E-state index in [9.17, 15) is 8.42 Å². The summed E-state index contributed by atoms with van der Waals surface area (Å²) in [4.78, 5) is 0. The van der Waals surface area contributed by atoms with Crippen LogP contribution in [0.4, 0.5) is 0 Å². The molecule has 0 N–H and O–H groups in total. The maximum atomic E-state index is 11.6. The van der Waals surface area contributed by atoms with E-state index < -0.39 is 10.0 Å². The molecule has 1 rings (SSSR count). The molecule has 0 amide bonds. The lowest BCUT2D eigenvalue weighted by atomic mass is 10.1. The summed E-state index contributed by atoms with van der Waals surface area (Å²) in [5.41, 5.74) is 0. The first-order chi connectivity index (χ1) is 6.67. The fourth-order valence-corrected chi connectivity index (χ4v) is 2.83. The average molecular weight is 216 g/mol. The maximum absolute atomic E-state index is 11.6. The Kier molecular flexibility index (Phi) is 4.36. The highest BCUT2D eigenvalue weighted by molar-refractivity contribution is 7.89. The lowest BCUT2D eigenvalue weighted by Gasteiger charge is -2.22. The van der Waals surface area contributed by atoms with Gasteiger partial charge in [0.15, 0.2) is 5.75 Å². The number of hydrogen-bond acceptors (Lipinski definition) is 3. The molecule has 0 aromatic rings. The van der Waals surface area contributed by atoms with E-state index in [1.807, 2.05) is 0 Å². The molecule has 1 fully saturated rings. The van der Waals surface area contributed by atoms with Gasteiger partial charge in [-0.15, -0.1) is 0 Å². The quantitative estimate of drug-likeness (QED) is 0.694.